The van der Waals surface area contributed by atoms with E-state index in [1.807, 2.05) is 0 Å². The van der Waals surface area contributed by atoms with Crippen molar-refractivity contribution in [3.63, 3.8) is 0 Å². The van der Waals surface area contributed by atoms with Gasteiger partial charge in [0.05, 0.1) is 5.56 Å². The summed E-state index contributed by atoms with van der Waals surface area (Å²) in [5.74, 6) is 1.35. The van der Waals surface area contributed by atoms with E-state index in [1.54, 1.807) is 48.5 Å². The lowest BCUT2D eigenvalue weighted by Crippen LogP contribution is -2.34. The van der Waals surface area contributed by atoms with Gasteiger partial charge in [-0.3, -0.25) is 9.59 Å². The molecule has 2 atom stereocenters. The van der Waals surface area contributed by atoms with Crippen molar-refractivity contribution in [1.29, 1.82) is 0 Å². The zero-order chi connectivity index (χ0) is 19.9. The summed E-state index contributed by atoms with van der Waals surface area (Å²) in [5, 5.41) is 6.34. The molecule has 1 aliphatic rings. The van der Waals surface area contributed by atoms with Crippen LogP contribution in [0.2, 0.25) is 0 Å². The van der Waals surface area contributed by atoms with E-state index in [4.69, 9.17) is 10.5 Å². The van der Waals surface area contributed by atoms with Crippen LogP contribution >= 0.6 is 0 Å². The van der Waals surface area contributed by atoms with Gasteiger partial charge in [-0.25, -0.2) is 0 Å². The summed E-state index contributed by atoms with van der Waals surface area (Å²) in [7, 11) is 0. The number of benzene rings is 2. The normalized spacial score (nSPS) is 17.5. The van der Waals surface area contributed by atoms with Crippen LogP contribution in [-0.2, 0) is 4.79 Å². The van der Waals surface area contributed by atoms with Crippen molar-refractivity contribution in [2.45, 2.75) is 26.2 Å². The van der Waals surface area contributed by atoms with Crippen LogP contribution in [-0.4, -0.2) is 24.9 Å². The first-order chi connectivity index (χ1) is 13.5. The fourth-order valence-corrected chi connectivity index (χ4v) is 3.53. The Morgan fingerprint density at radius 1 is 1.21 bits per heavy atom. The smallest absolute Gasteiger partial charge is 0.252 e. The number of rotatable bonds is 7. The molecule has 1 aliphatic heterocycles. The number of piperidine rings is 1. The van der Waals surface area contributed by atoms with Gasteiger partial charge in [0.2, 0.25) is 5.91 Å². The molecule has 0 aliphatic carbocycles. The van der Waals surface area contributed by atoms with Gasteiger partial charge in [0, 0.05) is 12.1 Å². The second kappa shape index (κ2) is 9.37. The minimum atomic E-state index is -0.540. The Hall–Kier alpha value is -2.86. The number of carbonyl (C=O) groups excluding carboxylic acids is 2. The average Bonchev–Trinajstić information content (AvgIpc) is 2.70. The van der Waals surface area contributed by atoms with Crippen molar-refractivity contribution >= 4 is 17.5 Å². The summed E-state index contributed by atoms with van der Waals surface area (Å²) < 4.78 is 5.75. The molecular formula is C22H27N3O3. The molecule has 4 N–H and O–H groups in total. The number of carbonyl (C=O) groups is 2. The van der Waals surface area contributed by atoms with Gasteiger partial charge in [0.15, 0.2) is 0 Å². The monoisotopic (exact) mass is 381 g/mol. The summed E-state index contributed by atoms with van der Waals surface area (Å²) in [6, 6.07) is 13.9. The zero-order valence-electron chi connectivity index (χ0n) is 16.1. The van der Waals surface area contributed by atoms with E-state index in [1.165, 1.54) is 12.8 Å². The quantitative estimate of drug-likeness (QED) is 0.684. The van der Waals surface area contributed by atoms with Gasteiger partial charge in [-0.2, -0.15) is 0 Å². The lowest BCUT2D eigenvalue weighted by Gasteiger charge is -2.28. The molecule has 2 unspecified atom stereocenters. The SMILES string of the molecule is CC(CC(=O)Nc1ccc(Oc2ccccc2C(N)=O)cc1)C1CCCNC1. The van der Waals surface area contributed by atoms with E-state index < -0.39 is 5.91 Å². The van der Waals surface area contributed by atoms with Crippen molar-refractivity contribution in [2.75, 3.05) is 18.4 Å². The Balaban J connectivity index is 1.55. The minimum absolute atomic E-state index is 0.0193. The molecular weight excluding hydrogens is 354 g/mol. The number of ether oxygens (including phenoxy) is 1. The van der Waals surface area contributed by atoms with Crippen LogP contribution in [0.25, 0.3) is 0 Å². The van der Waals surface area contributed by atoms with Gasteiger partial charge < -0.3 is 21.1 Å². The molecule has 2 amide bonds. The van der Waals surface area contributed by atoms with Crippen LogP contribution in [0.4, 0.5) is 5.69 Å². The molecule has 1 heterocycles. The predicted molar refractivity (Wildman–Crippen MR) is 109 cm³/mol. The first-order valence-corrected chi connectivity index (χ1v) is 9.70. The summed E-state index contributed by atoms with van der Waals surface area (Å²) in [6.45, 7) is 4.21. The Kier molecular flexibility index (Phi) is 6.66. The van der Waals surface area contributed by atoms with E-state index in [0.717, 1.165) is 18.8 Å². The van der Waals surface area contributed by atoms with E-state index in [2.05, 4.69) is 17.6 Å². The maximum Gasteiger partial charge on any atom is 0.252 e. The molecule has 0 saturated carbocycles. The van der Waals surface area contributed by atoms with Crippen molar-refractivity contribution < 1.29 is 14.3 Å². The van der Waals surface area contributed by atoms with Gasteiger partial charge in [0.25, 0.3) is 5.91 Å². The van der Waals surface area contributed by atoms with Crippen LogP contribution < -0.4 is 21.1 Å². The average molecular weight is 381 g/mol. The highest BCUT2D eigenvalue weighted by molar-refractivity contribution is 5.95. The van der Waals surface area contributed by atoms with Gasteiger partial charge in [-0.15, -0.1) is 0 Å². The topological polar surface area (TPSA) is 93.4 Å². The third-order valence-electron chi connectivity index (χ3n) is 5.17. The van der Waals surface area contributed by atoms with Gasteiger partial charge >= 0.3 is 0 Å². The highest BCUT2D eigenvalue weighted by Gasteiger charge is 2.22. The summed E-state index contributed by atoms with van der Waals surface area (Å²) in [5.41, 5.74) is 6.41. The molecule has 148 valence electrons. The summed E-state index contributed by atoms with van der Waals surface area (Å²) >= 11 is 0. The molecule has 0 spiro atoms. The number of anilines is 1. The molecule has 28 heavy (non-hydrogen) atoms. The molecule has 1 saturated heterocycles. The Bertz CT molecular complexity index is 814. The van der Waals surface area contributed by atoms with Crippen LogP contribution in [0, 0.1) is 11.8 Å². The fourth-order valence-electron chi connectivity index (χ4n) is 3.53. The summed E-state index contributed by atoms with van der Waals surface area (Å²) in [6.07, 6.45) is 2.87. The number of hydrogen-bond donors (Lipinski definition) is 3. The third-order valence-corrected chi connectivity index (χ3v) is 5.17. The molecule has 6 nitrogen and oxygen atoms in total. The Morgan fingerprint density at radius 3 is 2.64 bits per heavy atom. The van der Waals surface area contributed by atoms with E-state index in [9.17, 15) is 9.59 Å². The molecule has 0 radical (unpaired) electrons. The number of nitrogens with one attached hydrogen (secondary N) is 2. The predicted octanol–water partition coefficient (Wildman–Crippen LogP) is 3.54. The number of hydrogen-bond acceptors (Lipinski definition) is 4. The second-order valence-electron chi connectivity index (χ2n) is 7.32. The highest BCUT2D eigenvalue weighted by Crippen LogP contribution is 2.27. The van der Waals surface area contributed by atoms with E-state index in [0.29, 0.717) is 35.3 Å². The first kappa shape index (κ1) is 19.9. The van der Waals surface area contributed by atoms with Gasteiger partial charge in [0.1, 0.15) is 11.5 Å². The second-order valence-corrected chi connectivity index (χ2v) is 7.32. The van der Waals surface area contributed by atoms with Crippen LogP contribution in [0.1, 0.15) is 36.5 Å². The number of amides is 2. The van der Waals surface area contributed by atoms with Crippen LogP contribution in [0.5, 0.6) is 11.5 Å². The minimum Gasteiger partial charge on any atom is -0.457 e. The number of para-hydroxylation sites is 1. The zero-order valence-corrected chi connectivity index (χ0v) is 16.1. The van der Waals surface area contributed by atoms with Crippen LogP contribution in [0.3, 0.4) is 0 Å². The highest BCUT2D eigenvalue weighted by atomic mass is 16.5. The van der Waals surface area contributed by atoms with Crippen molar-refractivity contribution in [1.82, 2.24) is 5.32 Å². The maximum absolute atomic E-state index is 12.3. The molecule has 3 rings (SSSR count). The molecule has 6 heteroatoms. The number of primary amides is 1. The van der Waals surface area contributed by atoms with Crippen LogP contribution in [0.15, 0.2) is 48.5 Å². The molecule has 0 bridgehead atoms. The van der Waals surface area contributed by atoms with Gasteiger partial charge in [-0.1, -0.05) is 19.1 Å². The fraction of sp³-hybridized carbons (Fsp3) is 0.364. The largest absolute Gasteiger partial charge is 0.457 e. The van der Waals surface area contributed by atoms with E-state index in [-0.39, 0.29) is 5.91 Å². The Labute approximate surface area is 165 Å². The van der Waals surface area contributed by atoms with E-state index >= 15 is 0 Å². The standard InChI is InChI=1S/C22H27N3O3/c1-15(16-5-4-12-24-14-16)13-21(26)25-17-8-10-18(11-9-17)28-20-7-3-2-6-19(20)22(23)27/h2-3,6-11,15-16,24H,4-5,12-14H2,1H3,(H2,23,27)(H,25,26). The molecule has 1 fully saturated rings. The van der Waals surface area contributed by atoms with Crippen molar-refractivity contribution in [2.24, 2.45) is 17.6 Å². The van der Waals surface area contributed by atoms with Crippen molar-refractivity contribution in [3.05, 3.63) is 54.1 Å². The first-order valence-electron chi connectivity index (χ1n) is 9.70. The lowest BCUT2D eigenvalue weighted by atomic mass is 9.85. The molecule has 0 aromatic heterocycles. The summed E-state index contributed by atoms with van der Waals surface area (Å²) in [4.78, 5) is 23.8. The lowest BCUT2D eigenvalue weighted by molar-refractivity contribution is -0.117. The van der Waals surface area contributed by atoms with Crippen molar-refractivity contribution in [3.8, 4) is 11.5 Å². The third kappa shape index (κ3) is 5.33. The molecule has 2 aromatic rings. The molecule has 2 aromatic carbocycles. The Morgan fingerprint density at radius 2 is 1.96 bits per heavy atom. The maximum atomic E-state index is 12.3. The number of nitrogens with two attached hydrogens (primary N) is 1. The van der Waals surface area contributed by atoms with Gasteiger partial charge in [-0.05, 0) is 74.2 Å².